The molecule has 1 unspecified atom stereocenters. The van der Waals surface area contributed by atoms with E-state index in [4.69, 9.17) is 28.9 Å². The summed E-state index contributed by atoms with van der Waals surface area (Å²) >= 11 is 0. The van der Waals surface area contributed by atoms with Crippen LogP contribution in [0, 0.1) is 11.3 Å². The molecule has 1 fully saturated rings. The second kappa shape index (κ2) is 30.7. The van der Waals surface area contributed by atoms with Crippen LogP contribution in [-0.2, 0) is 23.7 Å². The van der Waals surface area contributed by atoms with Crippen LogP contribution in [0.5, 0.6) is 0 Å². The molecule has 1 aliphatic rings. The Labute approximate surface area is 254 Å². The van der Waals surface area contributed by atoms with Gasteiger partial charge in [-0.05, 0) is 25.7 Å². The van der Waals surface area contributed by atoms with E-state index in [1.165, 1.54) is 116 Å². The second-order valence-corrected chi connectivity index (χ2v) is 12.0. The van der Waals surface area contributed by atoms with Gasteiger partial charge in [0.25, 0.3) is 0 Å². The summed E-state index contributed by atoms with van der Waals surface area (Å²) in [6, 6.07) is 2.25. The van der Waals surface area contributed by atoms with E-state index in [1.807, 2.05) is 0 Å². The first-order valence-electron chi connectivity index (χ1n) is 17.6. The molecule has 0 N–H and O–H groups in total. The lowest BCUT2D eigenvalue weighted by Gasteiger charge is -2.35. The Morgan fingerprint density at radius 2 is 0.829 bits per heavy atom. The Morgan fingerprint density at radius 3 is 1.27 bits per heavy atom. The Kier molecular flexibility index (Phi) is 28.7. The second-order valence-electron chi connectivity index (χ2n) is 12.0. The molecule has 1 saturated heterocycles. The number of unbranched alkanes of at least 4 members (excludes halogenated alkanes) is 18. The topological polar surface area (TPSA) is 69.9 Å². The number of hydrogen-bond acceptors (Lipinski definition) is 6. The third kappa shape index (κ3) is 25.5. The Bertz CT molecular complexity index is 551. The van der Waals surface area contributed by atoms with Gasteiger partial charge in [-0.15, -0.1) is 0 Å². The minimum atomic E-state index is -0.112. The maximum Gasteiger partial charge on any atom is 0.0708 e. The van der Waals surface area contributed by atoms with Gasteiger partial charge in [-0.25, -0.2) is 0 Å². The molecule has 6 nitrogen and oxygen atoms in total. The van der Waals surface area contributed by atoms with Gasteiger partial charge >= 0.3 is 0 Å². The fraction of sp³-hybridized carbons (Fsp3) is 0.971. The van der Waals surface area contributed by atoms with Gasteiger partial charge in [0.1, 0.15) is 0 Å². The summed E-state index contributed by atoms with van der Waals surface area (Å²) in [5.41, 5.74) is -0.112. The summed E-state index contributed by atoms with van der Waals surface area (Å²) in [7, 11) is 0. The Hall–Kier alpha value is -0.710. The highest BCUT2D eigenvalue weighted by Crippen LogP contribution is 2.31. The average Bonchev–Trinajstić information content (AvgIpc) is 2.98. The largest absolute Gasteiger partial charge is 0.379 e. The van der Waals surface area contributed by atoms with Gasteiger partial charge in [-0.3, -0.25) is 0 Å². The normalized spacial score (nSPS) is 20.1. The molecule has 242 valence electrons. The molecule has 1 rings (SSSR count). The van der Waals surface area contributed by atoms with Crippen LogP contribution in [0.2, 0.25) is 0 Å². The highest BCUT2D eigenvalue weighted by molar-refractivity contribution is 4.81. The molecule has 1 aliphatic heterocycles. The van der Waals surface area contributed by atoms with E-state index in [-0.39, 0.29) is 5.60 Å². The van der Waals surface area contributed by atoms with Crippen LogP contribution in [-0.4, -0.2) is 65.1 Å². The zero-order valence-corrected chi connectivity index (χ0v) is 27.1. The lowest BCUT2D eigenvalue weighted by molar-refractivity contribution is -0.102. The SMILES string of the molecule is CCCCCCCCCCCCC1(CCCCCCCCCCCC#N)CCOCCOCCOCCOCCO1. The van der Waals surface area contributed by atoms with Crippen molar-refractivity contribution in [2.45, 2.75) is 160 Å². The van der Waals surface area contributed by atoms with Crippen molar-refractivity contribution < 1.29 is 23.7 Å². The average molecular weight is 582 g/mol. The molecule has 0 radical (unpaired) electrons. The van der Waals surface area contributed by atoms with E-state index < -0.39 is 0 Å². The predicted molar refractivity (Wildman–Crippen MR) is 169 cm³/mol. The summed E-state index contributed by atoms with van der Waals surface area (Å²) in [6.45, 7) is 7.94. The van der Waals surface area contributed by atoms with Crippen molar-refractivity contribution in [1.82, 2.24) is 0 Å². The molecule has 41 heavy (non-hydrogen) atoms. The first-order chi connectivity index (χ1) is 20.3. The summed E-state index contributed by atoms with van der Waals surface area (Å²) in [5, 5.41) is 8.66. The standard InChI is InChI=1S/C35H67NO5/c1-2-3-4-5-6-7-10-13-16-19-22-35(23-20-17-14-11-8-9-12-15-18-21-25-36)24-26-37-27-28-38-29-30-39-31-32-40-33-34-41-35/h2-24,26-34H2,1H3. The van der Waals surface area contributed by atoms with Crippen molar-refractivity contribution >= 4 is 0 Å². The lowest BCUT2D eigenvalue weighted by Crippen LogP contribution is -2.36. The van der Waals surface area contributed by atoms with E-state index in [0.717, 1.165) is 32.3 Å². The number of rotatable bonds is 22. The maximum absolute atomic E-state index is 8.66. The van der Waals surface area contributed by atoms with Crippen LogP contribution in [0.1, 0.15) is 155 Å². The molecular formula is C35H67NO5. The van der Waals surface area contributed by atoms with Crippen molar-refractivity contribution in [2.24, 2.45) is 0 Å². The minimum Gasteiger partial charge on any atom is -0.379 e. The summed E-state index contributed by atoms with van der Waals surface area (Å²) in [5.74, 6) is 0. The van der Waals surface area contributed by atoms with Crippen molar-refractivity contribution in [2.75, 3.05) is 59.5 Å². The van der Waals surface area contributed by atoms with Crippen molar-refractivity contribution in [3.63, 3.8) is 0 Å². The van der Waals surface area contributed by atoms with Crippen LogP contribution in [0.4, 0.5) is 0 Å². The van der Waals surface area contributed by atoms with Gasteiger partial charge in [0.2, 0.25) is 0 Å². The van der Waals surface area contributed by atoms with Crippen LogP contribution in [0.3, 0.4) is 0 Å². The van der Waals surface area contributed by atoms with E-state index in [1.54, 1.807) is 0 Å². The van der Waals surface area contributed by atoms with Gasteiger partial charge in [-0.1, -0.05) is 122 Å². The highest BCUT2D eigenvalue weighted by Gasteiger charge is 2.30. The molecule has 0 aromatic rings. The molecule has 1 atom stereocenters. The maximum atomic E-state index is 8.66. The lowest BCUT2D eigenvalue weighted by atomic mass is 9.86. The molecule has 0 saturated carbocycles. The summed E-state index contributed by atoms with van der Waals surface area (Å²) in [6.07, 6.45) is 28.8. The molecule has 0 bridgehead atoms. The molecule has 0 aromatic heterocycles. The minimum absolute atomic E-state index is 0.112. The number of hydrogen-bond donors (Lipinski definition) is 0. The fourth-order valence-corrected chi connectivity index (χ4v) is 5.75. The molecule has 0 aromatic carbocycles. The smallest absolute Gasteiger partial charge is 0.0708 e. The predicted octanol–water partition coefficient (Wildman–Crippen LogP) is 9.34. The summed E-state index contributed by atoms with van der Waals surface area (Å²) in [4.78, 5) is 0. The quantitative estimate of drug-likeness (QED) is 0.119. The van der Waals surface area contributed by atoms with Gasteiger partial charge in [0, 0.05) is 13.0 Å². The third-order valence-electron chi connectivity index (χ3n) is 8.36. The first kappa shape index (κ1) is 38.3. The first-order valence-corrected chi connectivity index (χ1v) is 17.6. The molecule has 0 amide bonds. The zero-order valence-electron chi connectivity index (χ0n) is 27.1. The highest BCUT2D eigenvalue weighted by atomic mass is 16.6. The number of nitriles is 1. The van der Waals surface area contributed by atoms with Gasteiger partial charge in [0.15, 0.2) is 0 Å². The van der Waals surface area contributed by atoms with Gasteiger partial charge in [-0.2, -0.15) is 5.26 Å². The number of nitrogens with zero attached hydrogens (tertiary/aromatic N) is 1. The van der Waals surface area contributed by atoms with Crippen molar-refractivity contribution in [1.29, 1.82) is 5.26 Å². The fourth-order valence-electron chi connectivity index (χ4n) is 5.75. The van der Waals surface area contributed by atoms with Crippen LogP contribution in [0.25, 0.3) is 0 Å². The molecule has 6 heteroatoms. The van der Waals surface area contributed by atoms with Crippen LogP contribution in [0.15, 0.2) is 0 Å². The van der Waals surface area contributed by atoms with E-state index >= 15 is 0 Å². The molecule has 0 spiro atoms. The monoisotopic (exact) mass is 582 g/mol. The van der Waals surface area contributed by atoms with Gasteiger partial charge < -0.3 is 23.7 Å². The molecule has 0 aliphatic carbocycles. The van der Waals surface area contributed by atoms with Crippen LogP contribution < -0.4 is 0 Å². The van der Waals surface area contributed by atoms with E-state index in [9.17, 15) is 0 Å². The van der Waals surface area contributed by atoms with E-state index in [0.29, 0.717) is 59.3 Å². The molecule has 1 heterocycles. The number of ether oxygens (including phenoxy) is 5. The zero-order chi connectivity index (χ0) is 29.4. The Morgan fingerprint density at radius 1 is 0.463 bits per heavy atom. The summed E-state index contributed by atoms with van der Waals surface area (Å²) < 4.78 is 29.7. The third-order valence-corrected chi connectivity index (χ3v) is 8.36. The van der Waals surface area contributed by atoms with Crippen molar-refractivity contribution in [3.05, 3.63) is 0 Å². The molecular weight excluding hydrogens is 514 g/mol. The Balaban J connectivity index is 2.47. The van der Waals surface area contributed by atoms with Gasteiger partial charge in [0.05, 0.1) is 64.5 Å². The van der Waals surface area contributed by atoms with Crippen LogP contribution >= 0.6 is 0 Å². The van der Waals surface area contributed by atoms with Crippen molar-refractivity contribution in [3.8, 4) is 6.07 Å². The van der Waals surface area contributed by atoms with E-state index in [2.05, 4.69) is 13.0 Å².